The Morgan fingerprint density at radius 1 is 0.667 bits per heavy atom. The molecule has 1 aromatic rings. The van der Waals surface area contributed by atoms with Crippen LogP contribution >= 0.6 is 0 Å². The molecule has 24 heavy (non-hydrogen) atoms. The highest BCUT2D eigenvalue weighted by Gasteiger charge is 2.10. The third-order valence-corrected chi connectivity index (χ3v) is 5.15. The van der Waals surface area contributed by atoms with Crippen LogP contribution < -0.4 is 0 Å². The molecule has 0 aliphatic carbocycles. The molecule has 136 valence electrons. The largest absolute Gasteiger partial charge is 0.294 e. The molecule has 0 saturated carbocycles. The van der Waals surface area contributed by atoms with Gasteiger partial charge in [0.1, 0.15) is 0 Å². The molecule has 1 nitrogen and oxygen atoms in total. The monoisotopic (exact) mass is 330 g/mol. The summed E-state index contributed by atoms with van der Waals surface area (Å²) < 4.78 is 0. The van der Waals surface area contributed by atoms with Gasteiger partial charge in [-0.05, 0) is 49.9 Å². The van der Waals surface area contributed by atoms with E-state index in [1.165, 1.54) is 75.3 Å². The molecule has 0 spiro atoms. The number of Topliss-reactive ketones (excluding diaryl/α,β-unsaturated/α-hetero) is 1. The number of ketones is 1. The molecule has 0 atom stereocenters. The number of hydrogen-bond donors (Lipinski definition) is 0. The number of benzene rings is 1. The number of rotatable bonds is 13. The van der Waals surface area contributed by atoms with E-state index in [0.717, 1.165) is 17.5 Å². The second-order valence-corrected chi connectivity index (χ2v) is 7.46. The Hall–Kier alpha value is -1.11. The summed E-state index contributed by atoms with van der Waals surface area (Å²) in [6, 6.07) is 4.22. The lowest BCUT2D eigenvalue weighted by atomic mass is 9.95. The molecule has 0 heterocycles. The van der Waals surface area contributed by atoms with Crippen molar-refractivity contribution in [3.05, 3.63) is 34.4 Å². The summed E-state index contributed by atoms with van der Waals surface area (Å²) in [5.74, 6) is 0.325. The van der Waals surface area contributed by atoms with E-state index < -0.39 is 0 Å². The van der Waals surface area contributed by atoms with Crippen molar-refractivity contribution in [2.75, 3.05) is 0 Å². The lowest BCUT2D eigenvalue weighted by Crippen LogP contribution is -2.03. The van der Waals surface area contributed by atoms with E-state index >= 15 is 0 Å². The Balaban J connectivity index is 2.09. The Morgan fingerprint density at radius 3 is 1.67 bits per heavy atom. The first kappa shape index (κ1) is 20.9. The topological polar surface area (TPSA) is 17.1 Å². The van der Waals surface area contributed by atoms with E-state index in [1.54, 1.807) is 0 Å². The number of aryl methyl sites for hydroxylation is 3. The van der Waals surface area contributed by atoms with Crippen molar-refractivity contribution in [3.8, 4) is 0 Å². The summed E-state index contributed by atoms with van der Waals surface area (Å²) in [6.07, 6.45) is 15.3. The van der Waals surface area contributed by atoms with Crippen LogP contribution in [0.4, 0.5) is 0 Å². The second-order valence-electron chi connectivity index (χ2n) is 7.46. The van der Waals surface area contributed by atoms with E-state index in [4.69, 9.17) is 0 Å². The van der Waals surface area contributed by atoms with Crippen LogP contribution in [0.2, 0.25) is 0 Å². The van der Waals surface area contributed by atoms with Crippen LogP contribution in [0.15, 0.2) is 12.1 Å². The normalized spacial score (nSPS) is 11.0. The third kappa shape index (κ3) is 8.13. The van der Waals surface area contributed by atoms with Gasteiger partial charge in [-0.15, -0.1) is 0 Å². The van der Waals surface area contributed by atoms with Gasteiger partial charge >= 0.3 is 0 Å². The van der Waals surface area contributed by atoms with Crippen LogP contribution in [0, 0.1) is 20.8 Å². The summed E-state index contributed by atoms with van der Waals surface area (Å²) in [7, 11) is 0. The van der Waals surface area contributed by atoms with E-state index in [-0.39, 0.29) is 0 Å². The minimum Gasteiger partial charge on any atom is -0.294 e. The fourth-order valence-corrected chi connectivity index (χ4v) is 3.35. The molecule has 0 bridgehead atoms. The summed E-state index contributed by atoms with van der Waals surface area (Å²) >= 11 is 0. The Kier molecular flexibility index (Phi) is 10.7. The van der Waals surface area contributed by atoms with Crippen LogP contribution in [-0.2, 0) is 0 Å². The average molecular weight is 331 g/mol. The lowest BCUT2D eigenvalue weighted by Gasteiger charge is -2.09. The van der Waals surface area contributed by atoms with Crippen molar-refractivity contribution in [3.63, 3.8) is 0 Å². The molecular weight excluding hydrogens is 292 g/mol. The van der Waals surface area contributed by atoms with E-state index in [9.17, 15) is 4.79 Å². The molecule has 0 amide bonds. The fraction of sp³-hybridized carbons (Fsp3) is 0.696. The van der Waals surface area contributed by atoms with Gasteiger partial charge in [0.05, 0.1) is 0 Å². The Labute approximate surface area is 150 Å². The zero-order valence-corrected chi connectivity index (χ0v) is 16.5. The summed E-state index contributed by atoms with van der Waals surface area (Å²) in [5, 5.41) is 0. The van der Waals surface area contributed by atoms with Crippen molar-refractivity contribution in [1.82, 2.24) is 0 Å². The fourth-order valence-electron chi connectivity index (χ4n) is 3.35. The number of unbranched alkanes of at least 4 members (excludes halogenated alkanes) is 10. The zero-order valence-electron chi connectivity index (χ0n) is 16.5. The predicted octanol–water partition coefficient (Wildman–Crippen LogP) is 7.50. The molecule has 1 aromatic carbocycles. The molecule has 1 heteroatoms. The molecule has 0 fully saturated rings. The van der Waals surface area contributed by atoms with Crippen LogP contribution in [0.1, 0.15) is 111 Å². The predicted molar refractivity (Wildman–Crippen MR) is 106 cm³/mol. The highest BCUT2D eigenvalue weighted by atomic mass is 16.1. The SMILES string of the molecule is CCCCCCCCCCCCCC(=O)c1cc(C)c(C)cc1C. The minimum atomic E-state index is 0.325. The van der Waals surface area contributed by atoms with Gasteiger partial charge in [-0.1, -0.05) is 77.2 Å². The lowest BCUT2D eigenvalue weighted by molar-refractivity contribution is 0.0978. The second kappa shape index (κ2) is 12.3. The van der Waals surface area contributed by atoms with Gasteiger partial charge in [-0.3, -0.25) is 4.79 Å². The average Bonchev–Trinajstić information content (AvgIpc) is 2.55. The standard InChI is InChI=1S/C23H38O/c1-5-6-7-8-9-10-11-12-13-14-15-16-23(24)22-18-20(3)19(2)17-21(22)4/h17-18H,5-16H2,1-4H3. The van der Waals surface area contributed by atoms with Gasteiger partial charge < -0.3 is 0 Å². The highest BCUT2D eigenvalue weighted by Crippen LogP contribution is 2.18. The van der Waals surface area contributed by atoms with Crippen molar-refractivity contribution >= 4 is 5.78 Å². The van der Waals surface area contributed by atoms with Gasteiger partial charge in [-0.2, -0.15) is 0 Å². The maximum atomic E-state index is 12.4. The molecule has 0 N–H and O–H groups in total. The maximum absolute atomic E-state index is 12.4. The zero-order chi connectivity index (χ0) is 17.8. The Morgan fingerprint density at radius 2 is 1.12 bits per heavy atom. The van der Waals surface area contributed by atoms with Crippen molar-refractivity contribution in [2.45, 2.75) is 105 Å². The van der Waals surface area contributed by atoms with Crippen LogP contribution in [-0.4, -0.2) is 5.78 Å². The van der Waals surface area contributed by atoms with Gasteiger partial charge in [0.15, 0.2) is 5.78 Å². The van der Waals surface area contributed by atoms with Crippen LogP contribution in [0.25, 0.3) is 0 Å². The molecule has 0 unspecified atom stereocenters. The van der Waals surface area contributed by atoms with Crippen LogP contribution in [0.5, 0.6) is 0 Å². The summed E-state index contributed by atoms with van der Waals surface area (Å²) in [5.41, 5.74) is 4.57. The molecule has 0 aliphatic rings. The number of carbonyl (C=O) groups excluding carboxylic acids is 1. The molecule has 0 radical (unpaired) electrons. The molecule has 0 saturated heterocycles. The molecule has 1 rings (SSSR count). The van der Waals surface area contributed by atoms with Gasteiger partial charge in [0.25, 0.3) is 0 Å². The Bertz CT molecular complexity index is 487. The highest BCUT2D eigenvalue weighted by molar-refractivity contribution is 5.97. The van der Waals surface area contributed by atoms with Crippen molar-refractivity contribution in [1.29, 1.82) is 0 Å². The quantitative estimate of drug-likeness (QED) is 0.270. The van der Waals surface area contributed by atoms with Crippen molar-refractivity contribution in [2.24, 2.45) is 0 Å². The first-order valence-electron chi connectivity index (χ1n) is 10.2. The van der Waals surface area contributed by atoms with Gasteiger partial charge in [0.2, 0.25) is 0 Å². The van der Waals surface area contributed by atoms with Crippen LogP contribution in [0.3, 0.4) is 0 Å². The van der Waals surface area contributed by atoms with Crippen molar-refractivity contribution < 1.29 is 4.79 Å². The van der Waals surface area contributed by atoms with E-state index in [1.807, 2.05) is 0 Å². The molecule has 0 aliphatic heterocycles. The molecule has 0 aromatic heterocycles. The van der Waals surface area contributed by atoms with Gasteiger partial charge in [0, 0.05) is 12.0 Å². The summed E-state index contributed by atoms with van der Waals surface area (Å²) in [6.45, 7) is 8.53. The number of carbonyl (C=O) groups is 1. The molecular formula is C23H38O. The van der Waals surface area contributed by atoms with E-state index in [0.29, 0.717) is 12.2 Å². The third-order valence-electron chi connectivity index (χ3n) is 5.15. The first-order chi connectivity index (χ1) is 11.6. The first-order valence-corrected chi connectivity index (χ1v) is 10.2. The number of hydrogen-bond acceptors (Lipinski definition) is 1. The minimum absolute atomic E-state index is 0.325. The van der Waals surface area contributed by atoms with E-state index in [2.05, 4.69) is 39.8 Å². The maximum Gasteiger partial charge on any atom is 0.163 e. The smallest absolute Gasteiger partial charge is 0.163 e. The van der Waals surface area contributed by atoms with Gasteiger partial charge in [-0.25, -0.2) is 0 Å². The summed E-state index contributed by atoms with van der Waals surface area (Å²) in [4.78, 5) is 12.4.